The Kier molecular flexibility index (Phi) is 13.0. The van der Waals surface area contributed by atoms with Crippen LogP contribution in [0.5, 0.6) is 5.75 Å². The second kappa shape index (κ2) is 15.6. The fourth-order valence-corrected chi connectivity index (χ4v) is 3.16. The van der Waals surface area contributed by atoms with E-state index in [1.807, 2.05) is 0 Å². The highest BCUT2D eigenvalue weighted by molar-refractivity contribution is 5.95. The lowest BCUT2D eigenvalue weighted by Crippen LogP contribution is -2.58. The summed E-state index contributed by atoms with van der Waals surface area (Å²) in [4.78, 5) is 64.9. The molecule has 0 aliphatic rings. The quantitative estimate of drug-likeness (QED) is 0.0545. The van der Waals surface area contributed by atoms with Gasteiger partial charge in [-0.1, -0.05) is 12.1 Å². The van der Waals surface area contributed by atoms with Crippen LogP contribution in [0.1, 0.15) is 24.8 Å². The molecule has 4 atom stereocenters. The SMILES string of the molecule is NC(=O)CC(NC(=O)C(Cc1ccc(O)cc1)NC(=O)C(CCCN=C(N)N)NC(=O)C(N)CO)C(=O)O. The number of guanidine groups is 1. The Balaban J connectivity index is 3.18. The van der Waals surface area contributed by atoms with Gasteiger partial charge in [-0.2, -0.15) is 0 Å². The number of benzene rings is 1. The minimum atomic E-state index is -1.66. The molecule has 0 spiro atoms. The maximum absolute atomic E-state index is 13.1. The van der Waals surface area contributed by atoms with E-state index >= 15 is 0 Å². The highest BCUT2D eigenvalue weighted by Gasteiger charge is 2.31. The standard InChI is InChI=1S/C22H34N8O8/c23-13(10-31)18(34)28-14(2-1-7-27-22(25)26)19(35)29-15(8-11-3-5-12(32)6-4-11)20(36)30-16(21(37)38)9-17(24)33/h3-6,13-16,31-32H,1-2,7-10,23H2,(H2,24,33)(H,28,34)(H,29,35)(H,30,36)(H,37,38)(H4,25,26,27). The number of primary amides is 1. The van der Waals surface area contributed by atoms with Crippen LogP contribution in [-0.4, -0.2) is 88.2 Å². The number of aliphatic imine (C=N–C) groups is 1. The van der Waals surface area contributed by atoms with E-state index in [-0.39, 0.29) is 37.5 Å². The zero-order chi connectivity index (χ0) is 28.8. The maximum Gasteiger partial charge on any atom is 0.326 e. The van der Waals surface area contributed by atoms with Crippen LogP contribution in [0.4, 0.5) is 0 Å². The summed E-state index contributed by atoms with van der Waals surface area (Å²) in [6, 6.07) is 0.0880. The Bertz CT molecular complexity index is 1010. The number of hydrogen-bond donors (Lipinski definition) is 10. The molecule has 16 heteroatoms. The van der Waals surface area contributed by atoms with Crippen LogP contribution in [0.15, 0.2) is 29.3 Å². The van der Waals surface area contributed by atoms with Crippen molar-refractivity contribution in [2.45, 2.75) is 49.9 Å². The third kappa shape index (κ3) is 11.5. The molecule has 4 amide bonds. The molecule has 1 aromatic carbocycles. The Morgan fingerprint density at radius 2 is 1.42 bits per heavy atom. The van der Waals surface area contributed by atoms with Gasteiger partial charge in [0.05, 0.1) is 13.0 Å². The second-order valence-corrected chi connectivity index (χ2v) is 8.30. The van der Waals surface area contributed by atoms with E-state index in [0.717, 1.165) is 0 Å². The van der Waals surface area contributed by atoms with E-state index in [4.69, 9.17) is 28.0 Å². The number of carboxylic acid groups (broad SMARTS) is 1. The summed E-state index contributed by atoms with van der Waals surface area (Å²) in [5.41, 5.74) is 21.6. The van der Waals surface area contributed by atoms with Gasteiger partial charge in [-0.25, -0.2) is 4.79 Å². The molecule has 0 heterocycles. The lowest BCUT2D eigenvalue weighted by Gasteiger charge is -2.25. The maximum atomic E-state index is 13.1. The van der Waals surface area contributed by atoms with Crippen molar-refractivity contribution in [3.63, 3.8) is 0 Å². The van der Waals surface area contributed by atoms with Gasteiger partial charge < -0.3 is 54.2 Å². The third-order valence-electron chi connectivity index (χ3n) is 5.14. The highest BCUT2D eigenvalue weighted by atomic mass is 16.4. The van der Waals surface area contributed by atoms with Crippen LogP contribution in [0.25, 0.3) is 0 Å². The van der Waals surface area contributed by atoms with Crippen LogP contribution in [0.3, 0.4) is 0 Å². The number of rotatable bonds is 16. The first kappa shape index (κ1) is 31.6. The normalized spacial score (nSPS) is 13.7. The van der Waals surface area contributed by atoms with E-state index in [2.05, 4.69) is 20.9 Å². The van der Waals surface area contributed by atoms with Crippen LogP contribution < -0.4 is 38.9 Å². The molecule has 14 N–H and O–H groups in total. The molecule has 0 fully saturated rings. The predicted molar refractivity (Wildman–Crippen MR) is 134 cm³/mol. The molecule has 1 rings (SSSR count). The van der Waals surface area contributed by atoms with Crippen molar-refractivity contribution in [2.24, 2.45) is 27.9 Å². The molecule has 210 valence electrons. The number of hydrogen-bond acceptors (Lipinski definition) is 9. The number of aromatic hydroxyl groups is 1. The molecule has 0 bridgehead atoms. The number of carbonyl (C=O) groups is 5. The summed E-state index contributed by atoms with van der Waals surface area (Å²) >= 11 is 0. The monoisotopic (exact) mass is 538 g/mol. The smallest absolute Gasteiger partial charge is 0.326 e. The molecule has 0 aliphatic heterocycles. The number of phenolic OH excluding ortho intramolecular Hbond substituents is 1. The van der Waals surface area contributed by atoms with Crippen molar-refractivity contribution in [1.82, 2.24) is 16.0 Å². The van der Waals surface area contributed by atoms with Crippen molar-refractivity contribution in [3.8, 4) is 5.75 Å². The summed E-state index contributed by atoms with van der Waals surface area (Å²) in [5, 5.41) is 35.0. The summed E-state index contributed by atoms with van der Waals surface area (Å²) in [6.07, 6.45) is -0.590. The highest BCUT2D eigenvalue weighted by Crippen LogP contribution is 2.12. The zero-order valence-corrected chi connectivity index (χ0v) is 20.5. The lowest BCUT2D eigenvalue weighted by atomic mass is 10.0. The number of aliphatic hydroxyl groups excluding tert-OH is 1. The molecule has 0 saturated carbocycles. The fraction of sp³-hybridized carbons (Fsp3) is 0.455. The van der Waals surface area contributed by atoms with E-state index in [9.17, 15) is 34.2 Å². The van der Waals surface area contributed by atoms with Crippen LogP contribution in [-0.2, 0) is 30.4 Å². The van der Waals surface area contributed by atoms with E-state index < -0.39 is 66.8 Å². The van der Waals surface area contributed by atoms with Gasteiger partial charge in [0.1, 0.15) is 29.9 Å². The van der Waals surface area contributed by atoms with Gasteiger partial charge in [-0.3, -0.25) is 24.2 Å². The summed E-state index contributed by atoms with van der Waals surface area (Å²) < 4.78 is 0. The number of aliphatic hydroxyl groups is 1. The third-order valence-corrected chi connectivity index (χ3v) is 5.14. The van der Waals surface area contributed by atoms with Crippen LogP contribution in [0.2, 0.25) is 0 Å². The summed E-state index contributed by atoms with van der Waals surface area (Å²) in [6.45, 7) is -0.560. The first-order chi connectivity index (χ1) is 17.8. The zero-order valence-electron chi connectivity index (χ0n) is 20.5. The number of carbonyl (C=O) groups excluding carboxylic acids is 4. The van der Waals surface area contributed by atoms with Crippen molar-refractivity contribution >= 4 is 35.6 Å². The summed E-state index contributed by atoms with van der Waals surface area (Å²) in [5.74, 6) is -5.31. The molecule has 4 unspecified atom stereocenters. The van der Waals surface area contributed by atoms with Crippen molar-refractivity contribution in [2.75, 3.05) is 13.2 Å². The van der Waals surface area contributed by atoms with Gasteiger partial charge in [-0.05, 0) is 30.5 Å². The molecule has 0 radical (unpaired) electrons. The van der Waals surface area contributed by atoms with Gasteiger partial charge >= 0.3 is 5.97 Å². The van der Waals surface area contributed by atoms with Crippen molar-refractivity contribution < 1.29 is 39.3 Å². The van der Waals surface area contributed by atoms with Crippen molar-refractivity contribution in [1.29, 1.82) is 0 Å². The molecule has 1 aromatic rings. The van der Waals surface area contributed by atoms with Crippen LogP contribution >= 0.6 is 0 Å². The van der Waals surface area contributed by atoms with Gasteiger partial charge in [-0.15, -0.1) is 0 Å². The number of nitrogens with zero attached hydrogens (tertiary/aromatic N) is 1. The fourth-order valence-electron chi connectivity index (χ4n) is 3.16. The van der Waals surface area contributed by atoms with Crippen molar-refractivity contribution in [3.05, 3.63) is 29.8 Å². The molecule has 0 aliphatic carbocycles. The average molecular weight is 539 g/mol. The average Bonchev–Trinajstić information content (AvgIpc) is 2.84. The Hall–Kier alpha value is -4.44. The number of carboxylic acids is 1. The number of nitrogens with two attached hydrogens (primary N) is 4. The van der Waals surface area contributed by atoms with Gasteiger partial charge in [0.25, 0.3) is 0 Å². The minimum absolute atomic E-state index is 0.0134. The Morgan fingerprint density at radius 1 is 0.868 bits per heavy atom. The molecule has 0 aromatic heterocycles. The molecule has 0 saturated heterocycles. The first-order valence-electron chi connectivity index (χ1n) is 11.5. The topological polar surface area (TPSA) is 299 Å². The number of phenols is 1. The van der Waals surface area contributed by atoms with Crippen LogP contribution in [0, 0.1) is 0 Å². The molecular formula is C22H34N8O8. The van der Waals surface area contributed by atoms with E-state index in [0.29, 0.717) is 5.56 Å². The minimum Gasteiger partial charge on any atom is -0.508 e. The predicted octanol–water partition coefficient (Wildman–Crippen LogP) is -4.28. The molecule has 16 nitrogen and oxygen atoms in total. The second-order valence-electron chi connectivity index (χ2n) is 8.30. The Morgan fingerprint density at radius 3 is 1.95 bits per heavy atom. The van der Waals surface area contributed by atoms with E-state index in [1.165, 1.54) is 24.3 Å². The largest absolute Gasteiger partial charge is 0.508 e. The molecular weight excluding hydrogens is 504 g/mol. The van der Waals surface area contributed by atoms with Gasteiger partial charge in [0.2, 0.25) is 23.6 Å². The van der Waals surface area contributed by atoms with E-state index in [1.54, 1.807) is 0 Å². The summed E-state index contributed by atoms with van der Waals surface area (Å²) in [7, 11) is 0. The number of nitrogens with one attached hydrogen (secondary N) is 3. The van der Waals surface area contributed by atoms with Gasteiger partial charge in [0, 0.05) is 13.0 Å². The first-order valence-corrected chi connectivity index (χ1v) is 11.5. The number of amides is 4. The van der Waals surface area contributed by atoms with Gasteiger partial charge in [0.15, 0.2) is 5.96 Å². The molecule has 38 heavy (non-hydrogen) atoms. The number of aliphatic carboxylic acids is 1. The lowest BCUT2D eigenvalue weighted by molar-refractivity contribution is -0.143. The Labute approximate surface area is 217 Å².